The molecular weight excluding hydrogens is 328 g/mol. The van der Waals surface area contributed by atoms with Gasteiger partial charge in [-0.25, -0.2) is 0 Å². The van der Waals surface area contributed by atoms with Crippen molar-refractivity contribution in [3.8, 4) is 11.5 Å². The van der Waals surface area contributed by atoms with Crippen molar-refractivity contribution in [2.24, 2.45) is 0 Å². The summed E-state index contributed by atoms with van der Waals surface area (Å²) in [5, 5.41) is 6.17. The topological polar surface area (TPSA) is 99.9 Å². The molecule has 1 aromatic heterocycles. The number of anilines is 1. The summed E-state index contributed by atoms with van der Waals surface area (Å²) in [5.74, 6) is 1.29. The number of benzene rings is 1. The number of aromatic nitrogens is 1. The predicted molar refractivity (Wildman–Crippen MR) is 86.3 cm³/mol. The van der Waals surface area contributed by atoms with Gasteiger partial charge in [-0.15, -0.1) is 0 Å². The van der Waals surface area contributed by atoms with Gasteiger partial charge in [0.25, 0.3) is 5.91 Å². The molecule has 132 valence electrons. The monoisotopic (exact) mass is 346 g/mol. The SMILES string of the molecule is Cc1cc(NC(=O)[C@@H](C)OC(=O)CCc2ccc3c(c2)OCO3)no1. The van der Waals surface area contributed by atoms with Crippen molar-refractivity contribution in [1.29, 1.82) is 0 Å². The number of hydrogen-bond donors (Lipinski definition) is 1. The van der Waals surface area contributed by atoms with E-state index in [4.69, 9.17) is 18.7 Å². The highest BCUT2D eigenvalue weighted by Crippen LogP contribution is 2.32. The molecule has 0 saturated heterocycles. The Balaban J connectivity index is 1.46. The van der Waals surface area contributed by atoms with Crippen molar-refractivity contribution >= 4 is 17.7 Å². The van der Waals surface area contributed by atoms with Crippen molar-refractivity contribution < 1.29 is 28.3 Å². The molecule has 8 heteroatoms. The first-order chi connectivity index (χ1) is 12.0. The molecule has 1 atom stereocenters. The summed E-state index contributed by atoms with van der Waals surface area (Å²) in [4.78, 5) is 23.9. The minimum absolute atomic E-state index is 0.153. The van der Waals surface area contributed by atoms with Crippen LogP contribution >= 0.6 is 0 Å². The number of rotatable bonds is 6. The first kappa shape index (κ1) is 16.8. The van der Waals surface area contributed by atoms with Crippen LogP contribution in [0.2, 0.25) is 0 Å². The molecule has 0 saturated carbocycles. The third-order valence-corrected chi connectivity index (χ3v) is 3.61. The summed E-state index contributed by atoms with van der Waals surface area (Å²) in [6.45, 7) is 3.42. The number of ether oxygens (including phenoxy) is 3. The Labute approximate surface area is 144 Å². The second-order valence-corrected chi connectivity index (χ2v) is 5.63. The van der Waals surface area contributed by atoms with Crippen molar-refractivity contribution in [2.75, 3.05) is 12.1 Å². The summed E-state index contributed by atoms with van der Waals surface area (Å²) < 4.78 is 20.5. The van der Waals surface area contributed by atoms with E-state index in [0.29, 0.717) is 23.7 Å². The number of carbonyl (C=O) groups excluding carboxylic acids is 2. The van der Waals surface area contributed by atoms with Crippen molar-refractivity contribution in [2.45, 2.75) is 32.8 Å². The van der Waals surface area contributed by atoms with E-state index in [1.165, 1.54) is 6.92 Å². The normalized spacial score (nSPS) is 13.4. The lowest BCUT2D eigenvalue weighted by atomic mass is 10.1. The Bertz CT molecular complexity index is 785. The van der Waals surface area contributed by atoms with Crippen LogP contribution in [0.25, 0.3) is 0 Å². The molecule has 0 aliphatic carbocycles. The number of hydrogen-bond acceptors (Lipinski definition) is 7. The fourth-order valence-corrected chi connectivity index (χ4v) is 2.31. The molecule has 2 aromatic rings. The van der Waals surface area contributed by atoms with Gasteiger partial charge in [0.1, 0.15) is 5.76 Å². The Kier molecular flexibility index (Phi) is 4.87. The smallest absolute Gasteiger partial charge is 0.306 e. The molecule has 0 bridgehead atoms. The Hall–Kier alpha value is -3.03. The zero-order valence-electron chi connectivity index (χ0n) is 13.9. The molecule has 0 unspecified atom stereocenters. The third kappa shape index (κ3) is 4.28. The van der Waals surface area contributed by atoms with E-state index < -0.39 is 18.0 Å². The largest absolute Gasteiger partial charge is 0.454 e. The van der Waals surface area contributed by atoms with Gasteiger partial charge < -0.3 is 24.1 Å². The van der Waals surface area contributed by atoms with E-state index in [0.717, 1.165) is 5.56 Å². The average Bonchev–Trinajstić information content (AvgIpc) is 3.21. The second-order valence-electron chi connectivity index (χ2n) is 5.63. The minimum Gasteiger partial charge on any atom is -0.454 e. The van der Waals surface area contributed by atoms with Gasteiger partial charge in [-0.3, -0.25) is 9.59 Å². The highest BCUT2D eigenvalue weighted by Gasteiger charge is 2.19. The van der Waals surface area contributed by atoms with Crippen molar-refractivity contribution in [3.05, 3.63) is 35.6 Å². The molecule has 0 fully saturated rings. The Morgan fingerprint density at radius 3 is 2.84 bits per heavy atom. The van der Waals surface area contributed by atoms with Gasteiger partial charge in [0.15, 0.2) is 23.4 Å². The fourth-order valence-electron chi connectivity index (χ4n) is 2.31. The van der Waals surface area contributed by atoms with Gasteiger partial charge in [-0.05, 0) is 38.0 Å². The zero-order chi connectivity index (χ0) is 17.8. The highest BCUT2D eigenvalue weighted by molar-refractivity contribution is 5.94. The van der Waals surface area contributed by atoms with E-state index in [1.807, 2.05) is 12.1 Å². The molecule has 8 nitrogen and oxygen atoms in total. The van der Waals surface area contributed by atoms with Crippen molar-refractivity contribution in [1.82, 2.24) is 5.16 Å². The van der Waals surface area contributed by atoms with Crippen LogP contribution in [0.5, 0.6) is 11.5 Å². The molecule has 0 radical (unpaired) electrons. The lowest BCUT2D eigenvalue weighted by molar-refractivity contribution is -0.153. The van der Waals surface area contributed by atoms with Crippen LogP contribution < -0.4 is 14.8 Å². The van der Waals surface area contributed by atoms with E-state index in [-0.39, 0.29) is 19.0 Å². The van der Waals surface area contributed by atoms with Crippen LogP contribution in [0, 0.1) is 6.92 Å². The van der Waals surface area contributed by atoms with Crippen LogP contribution in [0.4, 0.5) is 5.82 Å². The van der Waals surface area contributed by atoms with Crippen molar-refractivity contribution in [3.63, 3.8) is 0 Å². The molecule has 3 rings (SSSR count). The molecule has 0 spiro atoms. The molecule has 1 aromatic carbocycles. The molecule has 1 amide bonds. The Morgan fingerprint density at radius 1 is 1.28 bits per heavy atom. The first-order valence-electron chi connectivity index (χ1n) is 7.83. The van der Waals surface area contributed by atoms with E-state index in [2.05, 4.69) is 10.5 Å². The van der Waals surface area contributed by atoms with Gasteiger partial charge in [0.05, 0.1) is 0 Å². The predicted octanol–water partition coefficient (Wildman–Crippen LogP) is 2.21. The first-order valence-corrected chi connectivity index (χ1v) is 7.83. The summed E-state index contributed by atoms with van der Waals surface area (Å²) >= 11 is 0. The highest BCUT2D eigenvalue weighted by atomic mass is 16.7. The molecular formula is C17H18N2O6. The van der Waals surface area contributed by atoms with Crippen LogP contribution in [0.3, 0.4) is 0 Å². The fraction of sp³-hybridized carbons (Fsp3) is 0.353. The second kappa shape index (κ2) is 7.25. The van der Waals surface area contributed by atoms with Gasteiger partial charge in [0.2, 0.25) is 6.79 Å². The van der Waals surface area contributed by atoms with Gasteiger partial charge in [-0.1, -0.05) is 11.2 Å². The maximum absolute atomic E-state index is 12.0. The molecule has 1 N–H and O–H groups in total. The van der Waals surface area contributed by atoms with Crippen LogP contribution in [-0.4, -0.2) is 29.9 Å². The number of carbonyl (C=O) groups is 2. The van der Waals surface area contributed by atoms with Gasteiger partial charge in [-0.2, -0.15) is 0 Å². The van der Waals surface area contributed by atoms with Crippen LogP contribution in [0.1, 0.15) is 24.7 Å². The third-order valence-electron chi connectivity index (χ3n) is 3.61. The number of nitrogens with one attached hydrogen (secondary N) is 1. The number of aryl methyl sites for hydroxylation is 2. The zero-order valence-corrected chi connectivity index (χ0v) is 13.9. The summed E-state index contributed by atoms with van der Waals surface area (Å²) in [6.07, 6.45) is -0.298. The molecule has 2 heterocycles. The summed E-state index contributed by atoms with van der Waals surface area (Å²) in [5.41, 5.74) is 0.927. The lowest BCUT2D eigenvalue weighted by Gasteiger charge is -2.12. The maximum atomic E-state index is 12.0. The number of esters is 1. The summed E-state index contributed by atoms with van der Waals surface area (Å²) in [7, 11) is 0. The standard InChI is InChI=1S/C17H18N2O6/c1-10-7-15(19-25-10)18-17(21)11(2)24-16(20)6-4-12-3-5-13-14(8-12)23-9-22-13/h3,5,7-8,11H,4,6,9H2,1-2H3,(H,18,19,21)/t11-/m1/s1. The summed E-state index contributed by atoms with van der Waals surface area (Å²) in [6, 6.07) is 7.08. The quantitative estimate of drug-likeness (QED) is 0.800. The van der Waals surface area contributed by atoms with E-state index >= 15 is 0 Å². The molecule has 25 heavy (non-hydrogen) atoms. The number of fused-ring (bicyclic) bond motifs is 1. The average molecular weight is 346 g/mol. The Morgan fingerprint density at radius 2 is 2.08 bits per heavy atom. The molecule has 1 aliphatic heterocycles. The maximum Gasteiger partial charge on any atom is 0.306 e. The van der Waals surface area contributed by atoms with Gasteiger partial charge >= 0.3 is 5.97 Å². The molecule has 1 aliphatic rings. The van der Waals surface area contributed by atoms with Crippen LogP contribution in [-0.2, 0) is 20.7 Å². The number of amides is 1. The van der Waals surface area contributed by atoms with E-state index in [9.17, 15) is 9.59 Å². The van der Waals surface area contributed by atoms with E-state index in [1.54, 1.807) is 19.1 Å². The van der Waals surface area contributed by atoms with Crippen LogP contribution in [0.15, 0.2) is 28.8 Å². The van der Waals surface area contributed by atoms with Gasteiger partial charge in [0, 0.05) is 12.5 Å². The lowest BCUT2D eigenvalue weighted by Crippen LogP contribution is -2.30. The number of nitrogens with zero attached hydrogens (tertiary/aromatic N) is 1. The minimum atomic E-state index is -0.929.